The Kier molecular flexibility index (Phi) is 17.0. The van der Waals surface area contributed by atoms with Crippen LogP contribution in [0.3, 0.4) is 0 Å². The average molecular weight is 543 g/mol. The molecule has 0 atom stereocenters. The number of hydrogen-bond acceptors (Lipinski definition) is 2. The smallest absolute Gasteiger partial charge is 0.206 e. The minimum atomic E-state index is -0.173. The van der Waals surface area contributed by atoms with E-state index >= 15 is 0 Å². The molecule has 0 aromatic heterocycles. The van der Waals surface area contributed by atoms with Crippen molar-refractivity contribution in [2.75, 3.05) is 20.1 Å². The molecule has 0 unspecified atom stereocenters. The molecule has 1 saturated heterocycles. The standard InChI is InChI=1S/C28H33ClFN.C2H5NO.C2H6.CH4/c1-6-19(3)25(7-2)26-18-27(28(29)16-20(26)4)21(5)31-14-12-23(13-15-31)17-22-8-10-24(30)11-9-22;1-3-2-4;1-2;/h7-11,16,18,23H,3,5-6,12-15,17H2,1-2,4H3;2H,1H3,(H,3,4);1-2H3;1H4/b25-7-;;;. The molecule has 38 heavy (non-hydrogen) atoms. The molecule has 1 aliphatic heterocycles. The van der Waals surface area contributed by atoms with Gasteiger partial charge < -0.3 is 10.2 Å². The molecule has 1 fully saturated rings. The molecule has 1 aliphatic rings. The van der Waals surface area contributed by atoms with Gasteiger partial charge in [-0.15, -0.1) is 0 Å². The van der Waals surface area contributed by atoms with Gasteiger partial charge in [0.1, 0.15) is 5.82 Å². The van der Waals surface area contributed by atoms with E-state index in [0.29, 0.717) is 12.3 Å². The van der Waals surface area contributed by atoms with Crippen molar-refractivity contribution in [2.45, 2.75) is 67.7 Å². The monoisotopic (exact) mass is 542 g/mol. The van der Waals surface area contributed by atoms with Crippen molar-refractivity contribution in [3.63, 3.8) is 0 Å². The molecule has 210 valence electrons. The van der Waals surface area contributed by atoms with Gasteiger partial charge in [0, 0.05) is 31.4 Å². The lowest BCUT2D eigenvalue weighted by Gasteiger charge is -2.35. The highest BCUT2D eigenvalue weighted by molar-refractivity contribution is 6.32. The summed E-state index contributed by atoms with van der Waals surface area (Å²) in [5.41, 5.74) is 7.85. The highest BCUT2D eigenvalue weighted by Gasteiger charge is 2.23. The zero-order valence-corrected chi connectivity index (χ0v) is 24.2. The highest BCUT2D eigenvalue weighted by Crippen LogP contribution is 2.35. The van der Waals surface area contributed by atoms with Gasteiger partial charge in [-0.1, -0.05) is 71.2 Å². The molecule has 3 nitrogen and oxygen atoms in total. The third-order valence-corrected chi connectivity index (χ3v) is 6.88. The summed E-state index contributed by atoms with van der Waals surface area (Å²) in [7, 11) is 1.56. The number of carbonyl (C=O) groups is 1. The topological polar surface area (TPSA) is 32.3 Å². The molecule has 3 rings (SSSR count). The van der Waals surface area contributed by atoms with Crippen LogP contribution in [0.25, 0.3) is 11.3 Å². The second kappa shape index (κ2) is 18.4. The summed E-state index contributed by atoms with van der Waals surface area (Å²) in [5, 5.41) is 3.00. The van der Waals surface area contributed by atoms with Gasteiger partial charge in [-0.2, -0.15) is 0 Å². The van der Waals surface area contributed by atoms with Gasteiger partial charge in [-0.05, 0) is 97.6 Å². The first-order valence-corrected chi connectivity index (χ1v) is 13.6. The number of piperidine rings is 1. The molecule has 1 amide bonds. The fourth-order valence-corrected chi connectivity index (χ4v) is 4.78. The molecule has 0 aliphatic carbocycles. The minimum Gasteiger partial charge on any atom is -0.371 e. The van der Waals surface area contributed by atoms with Crippen LogP contribution in [0.2, 0.25) is 5.02 Å². The molecule has 0 radical (unpaired) electrons. The quantitative estimate of drug-likeness (QED) is 0.266. The Balaban J connectivity index is 0.00000179. The Morgan fingerprint density at radius 3 is 2.16 bits per heavy atom. The predicted molar refractivity (Wildman–Crippen MR) is 166 cm³/mol. The number of nitrogens with one attached hydrogen (secondary N) is 1. The number of nitrogens with zero attached hydrogens (tertiary/aromatic N) is 1. The number of amides is 1. The number of halogens is 2. The average Bonchev–Trinajstić information content (AvgIpc) is 2.92. The predicted octanol–water partition coefficient (Wildman–Crippen LogP) is 9.11. The van der Waals surface area contributed by atoms with Crippen LogP contribution in [0.5, 0.6) is 0 Å². The maximum Gasteiger partial charge on any atom is 0.206 e. The zero-order chi connectivity index (χ0) is 28.0. The highest BCUT2D eigenvalue weighted by atomic mass is 35.5. The van der Waals surface area contributed by atoms with Crippen LogP contribution in [0, 0.1) is 18.7 Å². The van der Waals surface area contributed by atoms with Crippen molar-refractivity contribution in [1.29, 1.82) is 0 Å². The van der Waals surface area contributed by atoms with Crippen molar-refractivity contribution in [2.24, 2.45) is 5.92 Å². The van der Waals surface area contributed by atoms with Gasteiger partial charge in [0.15, 0.2) is 0 Å². The van der Waals surface area contributed by atoms with E-state index in [2.05, 4.69) is 56.3 Å². The van der Waals surface area contributed by atoms with E-state index in [0.717, 1.165) is 66.2 Å². The Bertz CT molecular complexity index is 1050. The fourth-order valence-electron chi connectivity index (χ4n) is 4.46. The van der Waals surface area contributed by atoms with E-state index in [1.807, 2.05) is 32.0 Å². The van der Waals surface area contributed by atoms with Crippen LogP contribution >= 0.6 is 11.6 Å². The summed E-state index contributed by atoms with van der Waals surface area (Å²) >= 11 is 6.67. The van der Waals surface area contributed by atoms with Crippen LogP contribution < -0.4 is 5.32 Å². The van der Waals surface area contributed by atoms with Gasteiger partial charge in [0.2, 0.25) is 6.41 Å². The van der Waals surface area contributed by atoms with E-state index in [4.69, 9.17) is 16.4 Å². The normalized spacial score (nSPS) is 13.2. The molecule has 2 aromatic rings. The van der Waals surface area contributed by atoms with E-state index in [1.54, 1.807) is 19.2 Å². The summed E-state index contributed by atoms with van der Waals surface area (Å²) in [6.45, 7) is 20.9. The van der Waals surface area contributed by atoms with Gasteiger partial charge in [-0.3, -0.25) is 4.79 Å². The maximum atomic E-state index is 13.2. The third-order valence-electron chi connectivity index (χ3n) is 6.56. The number of allylic oxidation sites excluding steroid dienone is 3. The van der Waals surface area contributed by atoms with Crippen LogP contribution in [0.1, 0.15) is 76.6 Å². The molecule has 2 aromatic carbocycles. The van der Waals surface area contributed by atoms with Gasteiger partial charge >= 0.3 is 0 Å². The van der Waals surface area contributed by atoms with E-state index < -0.39 is 0 Å². The Labute approximate surface area is 236 Å². The van der Waals surface area contributed by atoms with Crippen molar-refractivity contribution in [3.05, 3.63) is 94.3 Å². The first kappa shape index (κ1) is 35.2. The van der Waals surface area contributed by atoms with Crippen LogP contribution in [-0.4, -0.2) is 31.4 Å². The summed E-state index contributed by atoms with van der Waals surface area (Å²) in [6, 6.07) is 11.1. The Morgan fingerprint density at radius 2 is 1.68 bits per heavy atom. The lowest BCUT2D eigenvalue weighted by atomic mass is 9.89. The summed E-state index contributed by atoms with van der Waals surface area (Å²) in [5.74, 6) is 0.439. The second-order valence-corrected chi connectivity index (χ2v) is 9.33. The number of hydrogen-bond donors (Lipinski definition) is 1. The molecule has 5 heteroatoms. The lowest BCUT2D eigenvalue weighted by Crippen LogP contribution is -2.33. The van der Waals surface area contributed by atoms with E-state index in [-0.39, 0.29) is 13.2 Å². The van der Waals surface area contributed by atoms with E-state index in [1.165, 1.54) is 16.7 Å². The van der Waals surface area contributed by atoms with Crippen molar-refractivity contribution in [3.8, 4) is 0 Å². The van der Waals surface area contributed by atoms with Crippen LogP contribution in [0.4, 0.5) is 4.39 Å². The fraction of sp³-hybridized carbons (Fsp3) is 0.424. The Hall–Kier alpha value is -2.85. The number of rotatable bonds is 8. The van der Waals surface area contributed by atoms with Gasteiger partial charge in [-0.25, -0.2) is 4.39 Å². The van der Waals surface area contributed by atoms with Crippen LogP contribution in [0.15, 0.2) is 61.2 Å². The molecule has 0 saturated carbocycles. The van der Waals surface area contributed by atoms with Crippen molar-refractivity contribution < 1.29 is 9.18 Å². The van der Waals surface area contributed by atoms with Crippen molar-refractivity contribution in [1.82, 2.24) is 10.2 Å². The summed E-state index contributed by atoms with van der Waals surface area (Å²) in [6.07, 6.45) is 6.87. The second-order valence-electron chi connectivity index (χ2n) is 8.92. The number of benzene rings is 2. The van der Waals surface area contributed by atoms with E-state index in [9.17, 15) is 4.39 Å². The summed E-state index contributed by atoms with van der Waals surface area (Å²) < 4.78 is 13.2. The first-order valence-electron chi connectivity index (χ1n) is 13.2. The molecule has 0 bridgehead atoms. The first-order chi connectivity index (χ1) is 17.7. The largest absolute Gasteiger partial charge is 0.371 e. The maximum absolute atomic E-state index is 13.2. The molecular weight excluding hydrogens is 495 g/mol. The Morgan fingerprint density at radius 1 is 1.13 bits per heavy atom. The lowest BCUT2D eigenvalue weighted by molar-refractivity contribution is -0.109. The van der Waals surface area contributed by atoms with Gasteiger partial charge in [0.05, 0.1) is 5.02 Å². The number of likely N-dealkylation sites (tertiary alicyclic amines) is 1. The molecular formula is C33H48ClFN2O. The zero-order valence-electron chi connectivity index (χ0n) is 23.5. The molecule has 0 spiro atoms. The minimum absolute atomic E-state index is 0. The third kappa shape index (κ3) is 10.1. The van der Waals surface area contributed by atoms with Gasteiger partial charge in [0.25, 0.3) is 0 Å². The summed E-state index contributed by atoms with van der Waals surface area (Å²) in [4.78, 5) is 11.4. The SMILES string of the molecule is C.C=C(CC)/C(=C/C)c1cc(C(=C)N2CCC(Cc3ccc(F)cc3)CC2)c(Cl)cc1C.CC.CNC=O. The van der Waals surface area contributed by atoms with Crippen molar-refractivity contribution >= 4 is 29.3 Å². The molecule has 1 heterocycles. The number of aryl methyl sites for hydroxylation is 1. The molecule has 1 N–H and O–H groups in total. The number of carbonyl (C=O) groups excluding carboxylic acids is 1. The van der Waals surface area contributed by atoms with Crippen LogP contribution in [-0.2, 0) is 11.2 Å².